The van der Waals surface area contributed by atoms with Gasteiger partial charge in [-0.05, 0) is 26.2 Å². The van der Waals surface area contributed by atoms with Crippen molar-refractivity contribution in [2.24, 2.45) is 11.3 Å². The molecule has 20 heavy (non-hydrogen) atoms. The molecule has 5 nitrogen and oxygen atoms in total. The first-order valence-corrected chi connectivity index (χ1v) is 7.58. The highest BCUT2D eigenvalue weighted by Crippen LogP contribution is 2.32. The fourth-order valence-corrected chi connectivity index (χ4v) is 2.73. The molecular formula is C15H27NO4. The molecule has 1 aliphatic rings. The molecule has 1 amide bonds. The smallest absolute Gasteiger partial charge is 0.310 e. The summed E-state index contributed by atoms with van der Waals surface area (Å²) in [6.45, 7) is 8.39. The van der Waals surface area contributed by atoms with Crippen LogP contribution in [0.15, 0.2) is 0 Å². The van der Waals surface area contributed by atoms with E-state index < -0.39 is 11.4 Å². The highest BCUT2D eigenvalue weighted by molar-refractivity contribution is 5.85. The molecule has 5 heteroatoms. The van der Waals surface area contributed by atoms with Crippen molar-refractivity contribution in [3.05, 3.63) is 0 Å². The third-order valence-electron chi connectivity index (χ3n) is 4.53. The van der Waals surface area contributed by atoms with E-state index >= 15 is 0 Å². The summed E-state index contributed by atoms with van der Waals surface area (Å²) >= 11 is 0. The monoisotopic (exact) mass is 285 g/mol. The second-order valence-corrected chi connectivity index (χ2v) is 5.63. The van der Waals surface area contributed by atoms with Crippen LogP contribution in [0, 0.1) is 11.3 Å². The van der Waals surface area contributed by atoms with Gasteiger partial charge in [-0.25, -0.2) is 0 Å². The molecule has 1 aliphatic heterocycles. The maximum atomic E-state index is 12.4. The van der Waals surface area contributed by atoms with Gasteiger partial charge in [0.05, 0.1) is 12.0 Å². The van der Waals surface area contributed by atoms with E-state index in [2.05, 4.69) is 0 Å². The van der Waals surface area contributed by atoms with Crippen molar-refractivity contribution < 1.29 is 19.4 Å². The van der Waals surface area contributed by atoms with Crippen LogP contribution >= 0.6 is 0 Å². The number of rotatable bonds is 8. The Hall–Kier alpha value is -1.10. The number of carboxylic acid groups (broad SMARTS) is 1. The number of amides is 1. The summed E-state index contributed by atoms with van der Waals surface area (Å²) < 4.78 is 5.33. The molecule has 0 aromatic heterocycles. The van der Waals surface area contributed by atoms with Crippen LogP contribution in [0.4, 0.5) is 0 Å². The highest BCUT2D eigenvalue weighted by atomic mass is 16.5. The molecule has 1 unspecified atom stereocenters. The molecule has 1 atom stereocenters. The van der Waals surface area contributed by atoms with Crippen molar-refractivity contribution >= 4 is 11.9 Å². The van der Waals surface area contributed by atoms with Gasteiger partial charge < -0.3 is 14.7 Å². The fourth-order valence-electron chi connectivity index (χ4n) is 2.73. The van der Waals surface area contributed by atoms with Gasteiger partial charge in [-0.3, -0.25) is 9.59 Å². The Morgan fingerprint density at radius 1 is 1.30 bits per heavy atom. The second kappa shape index (κ2) is 7.62. The predicted molar refractivity (Wildman–Crippen MR) is 76.4 cm³/mol. The van der Waals surface area contributed by atoms with Crippen molar-refractivity contribution in [3.8, 4) is 0 Å². The van der Waals surface area contributed by atoms with E-state index in [1.165, 1.54) is 0 Å². The molecule has 0 aromatic carbocycles. The van der Waals surface area contributed by atoms with Gasteiger partial charge in [-0.2, -0.15) is 0 Å². The molecule has 1 saturated heterocycles. The van der Waals surface area contributed by atoms with E-state index in [1.54, 1.807) is 4.90 Å². The molecule has 1 heterocycles. The van der Waals surface area contributed by atoms with Gasteiger partial charge in [-0.15, -0.1) is 0 Å². The number of aliphatic carboxylic acids is 1. The van der Waals surface area contributed by atoms with Crippen LogP contribution in [0.5, 0.6) is 0 Å². The van der Waals surface area contributed by atoms with Crippen molar-refractivity contribution in [1.82, 2.24) is 4.90 Å². The van der Waals surface area contributed by atoms with Crippen LogP contribution in [-0.4, -0.2) is 48.2 Å². The summed E-state index contributed by atoms with van der Waals surface area (Å²) in [6.07, 6.45) is 2.04. The van der Waals surface area contributed by atoms with E-state index in [-0.39, 0.29) is 12.3 Å². The Bertz CT molecular complexity index is 333. The van der Waals surface area contributed by atoms with E-state index in [4.69, 9.17) is 4.74 Å². The van der Waals surface area contributed by atoms with E-state index in [0.717, 1.165) is 13.0 Å². The lowest BCUT2D eigenvalue weighted by Crippen LogP contribution is -2.41. The van der Waals surface area contributed by atoms with Crippen LogP contribution in [0.2, 0.25) is 0 Å². The van der Waals surface area contributed by atoms with Crippen LogP contribution in [0.3, 0.4) is 0 Å². The minimum absolute atomic E-state index is 0.0505. The van der Waals surface area contributed by atoms with E-state index in [0.29, 0.717) is 38.5 Å². The summed E-state index contributed by atoms with van der Waals surface area (Å²) in [6, 6.07) is 0. The SMILES string of the molecule is CCN(CC1CCOC1)C(=O)CC(CC)(CC)C(=O)O. The maximum absolute atomic E-state index is 12.4. The highest BCUT2D eigenvalue weighted by Gasteiger charge is 2.38. The number of hydrogen-bond acceptors (Lipinski definition) is 3. The van der Waals surface area contributed by atoms with Gasteiger partial charge in [0.2, 0.25) is 5.91 Å². The van der Waals surface area contributed by atoms with Gasteiger partial charge in [0.15, 0.2) is 0 Å². The summed E-state index contributed by atoms with van der Waals surface area (Å²) in [4.78, 5) is 25.7. The largest absolute Gasteiger partial charge is 0.481 e. The lowest BCUT2D eigenvalue weighted by Gasteiger charge is -2.30. The van der Waals surface area contributed by atoms with Gasteiger partial charge in [-0.1, -0.05) is 13.8 Å². The van der Waals surface area contributed by atoms with Crippen LogP contribution in [0.1, 0.15) is 46.5 Å². The maximum Gasteiger partial charge on any atom is 0.310 e. The van der Waals surface area contributed by atoms with E-state index in [1.807, 2.05) is 20.8 Å². The van der Waals surface area contributed by atoms with Crippen LogP contribution in [0.25, 0.3) is 0 Å². The summed E-state index contributed by atoms with van der Waals surface area (Å²) in [5, 5.41) is 9.42. The van der Waals surface area contributed by atoms with Crippen molar-refractivity contribution in [1.29, 1.82) is 0 Å². The lowest BCUT2D eigenvalue weighted by atomic mass is 9.79. The van der Waals surface area contributed by atoms with Crippen LogP contribution in [-0.2, 0) is 14.3 Å². The number of nitrogens with zero attached hydrogens (tertiary/aromatic N) is 1. The fraction of sp³-hybridized carbons (Fsp3) is 0.867. The first-order chi connectivity index (χ1) is 9.49. The zero-order valence-corrected chi connectivity index (χ0v) is 12.9. The summed E-state index contributed by atoms with van der Waals surface area (Å²) in [5.74, 6) is -0.525. The summed E-state index contributed by atoms with van der Waals surface area (Å²) in [7, 11) is 0. The number of carbonyl (C=O) groups is 2. The Balaban J connectivity index is 2.67. The van der Waals surface area contributed by atoms with Crippen molar-refractivity contribution in [2.45, 2.75) is 46.5 Å². The minimum Gasteiger partial charge on any atom is -0.481 e. The number of ether oxygens (including phenoxy) is 1. The first kappa shape index (κ1) is 17.0. The van der Waals surface area contributed by atoms with Crippen molar-refractivity contribution in [2.75, 3.05) is 26.3 Å². The molecule has 0 saturated carbocycles. The van der Waals surface area contributed by atoms with Crippen LogP contribution < -0.4 is 0 Å². The standard InChI is InChI=1S/C15H27NO4/c1-4-15(5-2,14(18)19)9-13(17)16(6-3)10-12-7-8-20-11-12/h12H,4-11H2,1-3H3,(H,18,19). The molecule has 1 rings (SSSR count). The molecule has 0 aliphatic carbocycles. The summed E-state index contributed by atoms with van der Waals surface area (Å²) in [5.41, 5.74) is -0.920. The predicted octanol–water partition coefficient (Wildman–Crippen LogP) is 2.15. The Morgan fingerprint density at radius 3 is 2.35 bits per heavy atom. The molecule has 1 N–H and O–H groups in total. The van der Waals surface area contributed by atoms with Gasteiger partial charge in [0.1, 0.15) is 0 Å². The molecule has 0 bridgehead atoms. The number of carboxylic acids is 1. The molecule has 0 spiro atoms. The van der Waals surface area contributed by atoms with Gasteiger partial charge in [0.25, 0.3) is 0 Å². The number of carbonyl (C=O) groups excluding carboxylic acids is 1. The molecule has 1 fully saturated rings. The topological polar surface area (TPSA) is 66.8 Å². The minimum atomic E-state index is -0.920. The molecule has 0 aromatic rings. The molecular weight excluding hydrogens is 258 g/mol. The zero-order chi connectivity index (χ0) is 15.2. The molecule has 116 valence electrons. The second-order valence-electron chi connectivity index (χ2n) is 5.63. The van der Waals surface area contributed by atoms with Gasteiger partial charge >= 0.3 is 5.97 Å². The molecule has 0 radical (unpaired) electrons. The first-order valence-electron chi connectivity index (χ1n) is 7.58. The Kier molecular flexibility index (Phi) is 6.46. The quantitative estimate of drug-likeness (QED) is 0.742. The average molecular weight is 285 g/mol. The zero-order valence-electron chi connectivity index (χ0n) is 12.9. The average Bonchev–Trinajstić information content (AvgIpc) is 2.94. The number of hydrogen-bond donors (Lipinski definition) is 1. The Labute approximate surface area is 121 Å². The Morgan fingerprint density at radius 2 is 1.95 bits per heavy atom. The van der Waals surface area contributed by atoms with Crippen molar-refractivity contribution in [3.63, 3.8) is 0 Å². The lowest BCUT2D eigenvalue weighted by molar-refractivity contribution is -0.154. The van der Waals surface area contributed by atoms with E-state index in [9.17, 15) is 14.7 Å². The third-order valence-corrected chi connectivity index (χ3v) is 4.53. The van der Waals surface area contributed by atoms with Gasteiger partial charge in [0, 0.05) is 32.0 Å². The third kappa shape index (κ3) is 3.95. The normalized spacial score (nSPS) is 19.1.